The molecule has 0 bridgehead atoms. The molecule has 8 heteroatoms. The van der Waals surface area contributed by atoms with Gasteiger partial charge in [0.05, 0.1) is 35.5 Å². The molecular weight excluding hydrogens is 500 g/mol. The fourth-order valence-electron chi connectivity index (χ4n) is 4.51. The number of rotatable bonds is 9. The number of hydrogen-bond donors (Lipinski definition) is 1. The Bertz CT molecular complexity index is 1490. The molecule has 7 nitrogen and oxygen atoms in total. The highest BCUT2D eigenvalue weighted by molar-refractivity contribution is 7.22. The third kappa shape index (κ3) is 4.87. The van der Waals surface area contributed by atoms with Gasteiger partial charge in [-0.3, -0.25) is 14.5 Å². The summed E-state index contributed by atoms with van der Waals surface area (Å²) in [6, 6.07) is 20.7. The molecule has 3 aromatic carbocycles. The number of hydrogen-bond acceptors (Lipinski definition) is 7. The van der Waals surface area contributed by atoms with E-state index in [0.717, 1.165) is 24.0 Å². The van der Waals surface area contributed by atoms with Crippen LogP contribution < -0.4 is 14.4 Å². The first-order chi connectivity index (χ1) is 18.5. The van der Waals surface area contributed by atoms with E-state index in [1.165, 1.54) is 16.2 Å². The monoisotopic (exact) mass is 528 g/mol. The highest BCUT2D eigenvalue weighted by Gasteiger charge is 2.48. The van der Waals surface area contributed by atoms with Gasteiger partial charge in [0.2, 0.25) is 0 Å². The van der Waals surface area contributed by atoms with Gasteiger partial charge in [-0.25, -0.2) is 4.98 Å². The van der Waals surface area contributed by atoms with E-state index in [4.69, 9.17) is 9.47 Å². The molecular formula is C30H28N2O5S. The zero-order valence-corrected chi connectivity index (χ0v) is 22.0. The lowest BCUT2D eigenvalue weighted by Crippen LogP contribution is -2.29. The number of anilines is 1. The third-order valence-corrected chi connectivity index (χ3v) is 7.51. The Morgan fingerprint density at radius 3 is 2.45 bits per heavy atom. The van der Waals surface area contributed by atoms with Gasteiger partial charge in [0.25, 0.3) is 5.78 Å². The minimum absolute atomic E-state index is 0.0228. The molecule has 1 N–H and O–H groups in total. The summed E-state index contributed by atoms with van der Waals surface area (Å²) in [5.74, 6) is -0.340. The zero-order chi connectivity index (χ0) is 26.6. The number of nitrogens with zero attached hydrogens (tertiary/aromatic N) is 2. The number of Topliss-reactive ketones (excluding diaryl/α,β-unsaturated/α-hetero) is 1. The maximum Gasteiger partial charge on any atom is 0.301 e. The molecule has 1 amide bonds. The van der Waals surface area contributed by atoms with Crippen LogP contribution in [0.1, 0.15) is 43.4 Å². The van der Waals surface area contributed by atoms with Crippen LogP contribution in [0.15, 0.2) is 78.4 Å². The Balaban J connectivity index is 1.59. The fraction of sp³-hybridized carbons (Fsp3) is 0.233. The lowest BCUT2D eigenvalue weighted by Gasteiger charge is -2.23. The Hall–Kier alpha value is -4.17. The summed E-state index contributed by atoms with van der Waals surface area (Å²) in [5.41, 5.74) is 1.83. The van der Waals surface area contributed by atoms with E-state index >= 15 is 0 Å². The van der Waals surface area contributed by atoms with Crippen LogP contribution in [0.5, 0.6) is 11.5 Å². The van der Waals surface area contributed by atoms with Crippen LogP contribution in [0.4, 0.5) is 5.13 Å². The summed E-state index contributed by atoms with van der Waals surface area (Å²) < 4.78 is 12.0. The average molecular weight is 529 g/mol. The Morgan fingerprint density at radius 2 is 1.74 bits per heavy atom. The Morgan fingerprint density at radius 1 is 1.00 bits per heavy atom. The molecule has 1 aromatic heterocycles. The predicted molar refractivity (Wildman–Crippen MR) is 149 cm³/mol. The summed E-state index contributed by atoms with van der Waals surface area (Å²) in [5, 5.41) is 11.6. The number of benzene rings is 3. The number of ether oxygens (including phenoxy) is 2. The van der Waals surface area contributed by atoms with Gasteiger partial charge in [-0.15, -0.1) is 0 Å². The molecule has 0 saturated carbocycles. The number of aliphatic hydroxyl groups is 1. The number of fused-ring (bicyclic) bond motifs is 1. The largest absolute Gasteiger partial charge is 0.507 e. The maximum absolute atomic E-state index is 13.5. The van der Waals surface area contributed by atoms with Crippen LogP contribution in [0.2, 0.25) is 0 Å². The number of aromatic nitrogens is 1. The summed E-state index contributed by atoms with van der Waals surface area (Å²) in [6.07, 6.45) is 3.18. The van der Waals surface area contributed by atoms with E-state index in [1.54, 1.807) is 37.4 Å². The molecule has 1 unspecified atom stereocenters. The first-order valence-electron chi connectivity index (χ1n) is 12.6. The molecule has 0 spiro atoms. The van der Waals surface area contributed by atoms with Crippen LogP contribution in [0.25, 0.3) is 16.0 Å². The van der Waals surface area contributed by atoms with E-state index in [2.05, 4.69) is 11.9 Å². The van der Waals surface area contributed by atoms with Crippen molar-refractivity contribution in [3.8, 4) is 11.5 Å². The molecule has 38 heavy (non-hydrogen) atoms. The third-order valence-electron chi connectivity index (χ3n) is 6.49. The van der Waals surface area contributed by atoms with Gasteiger partial charge in [0, 0.05) is 5.56 Å². The molecule has 1 aliphatic rings. The molecule has 1 aliphatic heterocycles. The highest BCUT2D eigenvalue weighted by Crippen LogP contribution is 2.44. The van der Waals surface area contributed by atoms with Gasteiger partial charge in [-0.2, -0.15) is 0 Å². The zero-order valence-electron chi connectivity index (χ0n) is 21.2. The number of ketones is 1. The second kappa shape index (κ2) is 11.1. The Kier molecular flexibility index (Phi) is 7.42. The summed E-state index contributed by atoms with van der Waals surface area (Å²) in [4.78, 5) is 32.9. The van der Waals surface area contributed by atoms with Crippen LogP contribution in [-0.4, -0.2) is 35.5 Å². The fourth-order valence-corrected chi connectivity index (χ4v) is 5.53. The van der Waals surface area contributed by atoms with Crippen molar-refractivity contribution in [2.45, 2.75) is 32.2 Å². The Labute approximate surface area is 225 Å². The minimum atomic E-state index is -0.855. The molecule has 5 rings (SSSR count). The second-order valence-corrected chi connectivity index (χ2v) is 10.00. The van der Waals surface area contributed by atoms with Crippen molar-refractivity contribution in [2.75, 3.05) is 18.6 Å². The minimum Gasteiger partial charge on any atom is -0.507 e. The quantitative estimate of drug-likeness (QED) is 0.115. The lowest BCUT2D eigenvalue weighted by atomic mass is 9.95. The number of carbonyl (C=O) groups excluding carboxylic acids is 2. The molecule has 4 aromatic rings. The highest BCUT2D eigenvalue weighted by atomic mass is 32.1. The van der Waals surface area contributed by atoms with Crippen LogP contribution >= 0.6 is 11.3 Å². The van der Waals surface area contributed by atoms with Gasteiger partial charge >= 0.3 is 5.91 Å². The van der Waals surface area contributed by atoms with E-state index in [9.17, 15) is 14.7 Å². The van der Waals surface area contributed by atoms with Crippen LogP contribution in [0.3, 0.4) is 0 Å². The van der Waals surface area contributed by atoms with Gasteiger partial charge in [-0.1, -0.05) is 73.6 Å². The van der Waals surface area contributed by atoms with Crippen molar-refractivity contribution in [1.82, 2.24) is 4.98 Å². The molecule has 0 aliphatic carbocycles. The first kappa shape index (κ1) is 25.5. The topological polar surface area (TPSA) is 89.0 Å². The van der Waals surface area contributed by atoms with E-state index in [0.29, 0.717) is 39.9 Å². The molecule has 1 atom stereocenters. The van der Waals surface area contributed by atoms with E-state index in [1.807, 2.05) is 42.5 Å². The smallest absolute Gasteiger partial charge is 0.301 e. The van der Waals surface area contributed by atoms with Crippen molar-refractivity contribution in [1.29, 1.82) is 0 Å². The molecule has 194 valence electrons. The van der Waals surface area contributed by atoms with Gasteiger partial charge in [0.1, 0.15) is 17.3 Å². The van der Waals surface area contributed by atoms with Gasteiger partial charge in [-0.05, 0) is 42.3 Å². The maximum atomic E-state index is 13.5. The average Bonchev–Trinajstić information content (AvgIpc) is 3.49. The second-order valence-electron chi connectivity index (χ2n) is 8.99. The number of amides is 1. The summed E-state index contributed by atoms with van der Waals surface area (Å²) in [6.45, 7) is 2.76. The number of methoxy groups -OCH3 is 1. The number of unbranched alkanes of at least 4 members (excludes halogenated alkanes) is 2. The van der Waals surface area contributed by atoms with Crippen molar-refractivity contribution < 1.29 is 24.2 Å². The number of thiazole rings is 1. The SMILES string of the molecule is CCCCCOc1ccc(C2C(=C(O)c3ccccc3)C(=O)C(=O)N2c2nc3ccc(OC)cc3s2)cc1. The molecule has 1 saturated heterocycles. The summed E-state index contributed by atoms with van der Waals surface area (Å²) in [7, 11) is 1.59. The van der Waals surface area contributed by atoms with Crippen molar-refractivity contribution in [2.24, 2.45) is 0 Å². The standard InChI is InChI=1S/C30H28N2O5S/c1-3-4-8-17-37-21-13-11-19(12-14-21)26-25(27(33)20-9-6-5-7-10-20)28(34)29(35)32(26)30-31-23-16-15-22(36-2)18-24(23)38-30/h5-7,9-16,18,26,33H,3-4,8,17H2,1-2H3. The van der Waals surface area contributed by atoms with Crippen molar-refractivity contribution in [3.05, 3.63) is 89.5 Å². The van der Waals surface area contributed by atoms with E-state index < -0.39 is 17.7 Å². The summed E-state index contributed by atoms with van der Waals surface area (Å²) >= 11 is 1.29. The number of aliphatic hydroxyl groups excluding tert-OH is 1. The van der Waals surface area contributed by atoms with Gasteiger partial charge in [0.15, 0.2) is 5.13 Å². The van der Waals surface area contributed by atoms with Crippen LogP contribution in [0, 0.1) is 0 Å². The number of carbonyl (C=O) groups is 2. The van der Waals surface area contributed by atoms with E-state index in [-0.39, 0.29) is 11.3 Å². The lowest BCUT2D eigenvalue weighted by molar-refractivity contribution is -0.132. The van der Waals surface area contributed by atoms with Gasteiger partial charge < -0.3 is 14.6 Å². The van der Waals surface area contributed by atoms with Crippen molar-refractivity contribution in [3.63, 3.8) is 0 Å². The first-order valence-corrected chi connectivity index (χ1v) is 13.4. The molecule has 2 heterocycles. The normalized spacial score (nSPS) is 16.8. The predicted octanol–water partition coefficient (Wildman–Crippen LogP) is 6.50. The molecule has 0 radical (unpaired) electrons. The van der Waals surface area contributed by atoms with Crippen LogP contribution in [-0.2, 0) is 9.59 Å². The van der Waals surface area contributed by atoms with Crippen molar-refractivity contribution >= 4 is 44.1 Å². The molecule has 1 fully saturated rings.